The fourth-order valence-corrected chi connectivity index (χ4v) is 9.50. The molecule has 0 bridgehead atoms. The van der Waals surface area contributed by atoms with Crippen LogP contribution in [0.3, 0.4) is 0 Å². The van der Waals surface area contributed by atoms with Crippen molar-refractivity contribution >= 4 is 32.8 Å². The van der Waals surface area contributed by atoms with Crippen molar-refractivity contribution in [1.82, 2.24) is 14.1 Å². The Morgan fingerprint density at radius 3 is 1.99 bits per heavy atom. The number of hydrogen-bond donors (Lipinski definition) is 0. The molecule has 3 aromatic heterocycles. The summed E-state index contributed by atoms with van der Waals surface area (Å²) in [5.41, 5.74) is 8.80. The number of benzene rings is 8. The number of aryl methyl sites for hydroxylation is 1. The topological polar surface area (TPSA) is 35.9 Å². The molecule has 0 amide bonds. The molecule has 72 heavy (non-hydrogen) atoms. The van der Waals surface area contributed by atoms with Gasteiger partial charge in [0.05, 0.1) is 47.1 Å². The summed E-state index contributed by atoms with van der Waals surface area (Å²) in [6.45, 7) is 17.1. The minimum Gasteiger partial charge on any atom is -0.458 e. The van der Waals surface area contributed by atoms with Gasteiger partial charge in [0.25, 0.3) is 6.33 Å². The summed E-state index contributed by atoms with van der Waals surface area (Å²) in [6.07, 6.45) is 5.03. The first-order chi connectivity index (χ1) is 39.8. The molecular weight excluding hydrogens is 877 g/mol. The van der Waals surface area contributed by atoms with Gasteiger partial charge < -0.3 is 4.74 Å². The molecule has 0 atom stereocenters. The van der Waals surface area contributed by atoms with Gasteiger partial charge in [-0.2, -0.15) is 0 Å². The van der Waals surface area contributed by atoms with E-state index in [2.05, 4.69) is 110 Å². The molecule has 8 aromatic carbocycles. The third-order valence-corrected chi connectivity index (χ3v) is 13.3. The van der Waals surface area contributed by atoms with Crippen LogP contribution in [0.25, 0.3) is 83.4 Å². The maximum atomic E-state index is 9.01. The minimum absolute atomic E-state index is 0.0662. The number of fused-ring (bicyclic) bond motifs is 4. The molecule has 0 fully saturated rings. The molecule has 0 saturated carbocycles. The van der Waals surface area contributed by atoms with E-state index in [1.54, 1.807) is 6.07 Å². The van der Waals surface area contributed by atoms with Crippen molar-refractivity contribution in [3.05, 3.63) is 223 Å². The van der Waals surface area contributed by atoms with Gasteiger partial charge in [-0.1, -0.05) is 196 Å². The van der Waals surface area contributed by atoms with Crippen LogP contribution in [0.15, 0.2) is 194 Å². The molecule has 5 nitrogen and oxygen atoms in total. The molecule has 0 N–H and O–H groups in total. The van der Waals surface area contributed by atoms with E-state index in [1.165, 1.54) is 17.8 Å². The Morgan fingerprint density at radius 1 is 0.542 bits per heavy atom. The second kappa shape index (κ2) is 17.7. The standard InChI is InChI=1S/C67H62N4O/c1-44-35-63(68-42-57(44)46-23-15-12-16-24-46)71-59-30-18-17-29-54(59)55-33-32-53(41-61(55)71)72-52-28-20-27-51(40-52)69-43-70(60-34-31-47(37-62(60)69)45-21-13-11-14-22-45)64-56(48-25-19-26-49(36-48)65(2,3)4)38-50(66(5,6)7)39-58(64)67(8,9)10/h11-42H,1-10H3/i1D3,11D,12D,13D,14D,15D,16D,21D,22D,23D,24D. The van der Waals surface area contributed by atoms with Gasteiger partial charge in [0.1, 0.15) is 17.3 Å². The predicted octanol–water partition coefficient (Wildman–Crippen LogP) is 17.2. The van der Waals surface area contributed by atoms with Crippen LogP contribution in [-0.4, -0.2) is 14.1 Å². The summed E-state index contributed by atoms with van der Waals surface area (Å²) in [5.74, 6) is 1.08. The highest BCUT2D eigenvalue weighted by atomic mass is 16.5. The van der Waals surface area contributed by atoms with E-state index in [1.807, 2.05) is 88.0 Å². The summed E-state index contributed by atoms with van der Waals surface area (Å²) in [4.78, 5) is 4.74. The van der Waals surface area contributed by atoms with E-state index >= 15 is 0 Å². The monoisotopic (exact) mass is 952 g/mol. The van der Waals surface area contributed by atoms with E-state index in [0.29, 0.717) is 39.3 Å². The first kappa shape index (κ1) is 33.5. The van der Waals surface area contributed by atoms with Gasteiger partial charge in [-0.05, 0) is 122 Å². The molecule has 3 heterocycles. The average Bonchev–Trinajstić information content (AvgIpc) is 1.89. The molecule has 0 aliphatic rings. The number of rotatable bonds is 8. The zero-order valence-corrected chi connectivity index (χ0v) is 41.9. The third-order valence-electron chi connectivity index (χ3n) is 13.3. The lowest BCUT2D eigenvalue weighted by molar-refractivity contribution is -0.572. The molecule has 0 unspecified atom stereocenters. The van der Waals surface area contributed by atoms with Gasteiger partial charge in [-0.15, -0.1) is 0 Å². The van der Waals surface area contributed by atoms with Crippen molar-refractivity contribution < 1.29 is 27.1 Å². The highest BCUT2D eigenvalue weighted by Crippen LogP contribution is 2.41. The van der Waals surface area contributed by atoms with Crippen molar-refractivity contribution in [2.45, 2.75) is 85.4 Å². The molecule has 5 heteroatoms. The zero-order valence-electron chi connectivity index (χ0n) is 54.9. The smallest absolute Gasteiger partial charge is 0.269 e. The highest BCUT2D eigenvalue weighted by Gasteiger charge is 2.29. The lowest BCUT2D eigenvalue weighted by atomic mass is 9.77. The van der Waals surface area contributed by atoms with Gasteiger partial charge in [0, 0.05) is 32.7 Å². The summed E-state index contributed by atoms with van der Waals surface area (Å²) in [5, 5.41) is 1.66. The van der Waals surface area contributed by atoms with Crippen LogP contribution in [0.1, 0.15) is 102 Å². The summed E-state index contributed by atoms with van der Waals surface area (Å²) in [6, 6.07) is 36.1. The van der Waals surface area contributed by atoms with Crippen LogP contribution < -0.4 is 9.30 Å². The molecule has 0 aliphatic heterocycles. The van der Waals surface area contributed by atoms with Crippen LogP contribution in [0.2, 0.25) is 0 Å². The Morgan fingerprint density at radius 2 is 1.25 bits per heavy atom. The largest absolute Gasteiger partial charge is 0.458 e. The van der Waals surface area contributed by atoms with Gasteiger partial charge in [0.15, 0.2) is 0 Å². The Kier molecular flexibility index (Phi) is 8.24. The van der Waals surface area contributed by atoms with Gasteiger partial charge in [-0.25, -0.2) is 4.98 Å². The van der Waals surface area contributed by atoms with Gasteiger partial charge in [0.2, 0.25) is 0 Å². The van der Waals surface area contributed by atoms with E-state index in [-0.39, 0.29) is 56.4 Å². The van der Waals surface area contributed by atoms with Gasteiger partial charge in [-0.3, -0.25) is 13.7 Å². The quantitative estimate of drug-likeness (QED) is 0.112. The second-order valence-electron chi connectivity index (χ2n) is 21.4. The van der Waals surface area contributed by atoms with Crippen LogP contribution >= 0.6 is 0 Å². The number of ether oxygens (including phenoxy) is 1. The Labute approximate surface area is 442 Å². The lowest BCUT2D eigenvalue weighted by Gasteiger charge is -2.30. The van der Waals surface area contributed by atoms with Crippen molar-refractivity contribution in [3.8, 4) is 62.1 Å². The molecule has 11 aromatic rings. The van der Waals surface area contributed by atoms with Crippen molar-refractivity contribution in [1.29, 1.82) is 0 Å². The van der Waals surface area contributed by atoms with E-state index in [9.17, 15) is 0 Å². The number of imidazole rings is 1. The van der Waals surface area contributed by atoms with Crippen LogP contribution in [0, 0.1) is 13.2 Å². The molecule has 11 rings (SSSR count). The average molecular weight is 952 g/mol. The molecule has 0 spiro atoms. The zero-order chi connectivity index (χ0) is 61.3. The number of para-hydroxylation sites is 1. The van der Waals surface area contributed by atoms with Crippen molar-refractivity contribution in [2.24, 2.45) is 0 Å². The number of aromatic nitrogens is 4. The Balaban J connectivity index is 1.10. The summed E-state index contributed by atoms with van der Waals surface area (Å²) in [7, 11) is 0. The third kappa shape index (κ3) is 8.57. The minimum atomic E-state index is -2.79. The first-order valence-corrected chi connectivity index (χ1v) is 24.1. The van der Waals surface area contributed by atoms with Crippen LogP contribution in [0.4, 0.5) is 0 Å². The fraction of sp³-hybridized carbons (Fsp3) is 0.194. The molecule has 356 valence electrons. The SMILES string of the molecule is [2H]c1c([2H])c([2H])c(-c2ccc3c(c2)n(-c2cccc(Oc4ccc5c6ccccc6n(-c6cc(C([2H])([2H])[2H])c(-c7c([2H])c([2H])c([2H])c([2H])c7[2H])cn6)c5c4)c2)[c-][n+]3-c2c(-c3cccc(C(C)(C)C)c3)cc(C(C)(C)C)cc2C(C)(C)C)c([2H])c1[2H]. The van der Waals surface area contributed by atoms with Crippen molar-refractivity contribution in [3.63, 3.8) is 0 Å². The van der Waals surface area contributed by atoms with E-state index < -0.39 is 55.2 Å². The highest BCUT2D eigenvalue weighted by molar-refractivity contribution is 6.09. The second-order valence-corrected chi connectivity index (χ2v) is 21.4. The van der Waals surface area contributed by atoms with Gasteiger partial charge >= 0.3 is 0 Å². The molecule has 0 radical (unpaired) electrons. The van der Waals surface area contributed by atoms with E-state index in [0.717, 1.165) is 44.2 Å². The normalized spacial score (nSPS) is 15.0. The molecule has 0 saturated heterocycles. The molecular formula is C67H62N4O. The molecule has 0 aliphatic carbocycles. The van der Waals surface area contributed by atoms with E-state index in [4.69, 9.17) is 27.5 Å². The summed E-state index contributed by atoms with van der Waals surface area (Å²) < 4.78 is 124. The summed E-state index contributed by atoms with van der Waals surface area (Å²) >= 11 is 0. The first-order valence-electron chi connectivity index (χ1n) is 30.6. The Bertz CT molecular complexity index is 4520. The Hall–Kier alpha value is -8.02. The number of hydrogen-bond acceptors (Lipinski definition) is 2. The number of nitrogens with zero attached hydrogens (tertiary/aromatic N) is 4. The van der Waals surface area contributed by atoms with Crippen LogP contribution in [-0.2, 0) is 16.2 Å². The maximum absolute atomic E-state index is 9.01. The lowest BCUT2D eigenvalue weighted by Crippen LogP contribution is -2.35. The fourth-order valence-electron chi connectivity index (χ4n) is 9.50. The number of pyridine rings is 1. The predicted molar refractivity (Wildman–Crippen MR) is 299 cm³/mol. The van der Waals surface area contributed by atoms with Crippen LogP contribution in [0.5, 0.6) is 11.5 Å². The maximum Gasteiger partial charge on any atom is 0.269 e. The van der Waals surface area contributed by atoms with Crippen molar-refractivity contribution in [2.75, 3.05) is 0 Å².